The zero-order valence-electron chi connectivity index (χ0n) is 25.9. The molecule has 2 aromatic carbocycles. The largest absolute Gasteiger partial charge is 0.490 e. The first-order chi connectivity index (χ1) is 20.6. The first-order valence-corrected chi connectivity index (χ1v) is 14.0. The molecule has 0 fully saturated rings. The molecule has 2 heterocycles. The standard InChI is InChI=1S/C15H19N3O5.C15H21N3O3/c1-15(2,3)23-14(19)17-4-5-22-13-7-11-9-16-8-10(11)6-12(13)18(20)21;1-15(2,3)21-14(19)18-4-5-20-13-7-11-9-17-8-10(11)6-12(13)16/h6-8H,4-5,9H2,1-3H3,(H,17,19);6-8H,4-5,9,16H2,1-3H3,(H,18,19). The Balaban J connectivity index is 0.000000241. The lowest BCUT2D eigenvalue weighted by molar-refractivity contribution is -0.385. The summed E-state index contributed by atoms with van der Waals surface area (Å²) < 4.78 is 21.2. The number of nitrogen functional groups attached to an aromatic ring is 1. The van der Waals surface area contributed by atoms with Gasteiger partial charge in [0.25, 0.3) is 0 Å². The van der Waals surface area contributed by atoms with Crippen LogP contribution in [0, 0.1) is 10.1 Å². The van der Waals surface area contributed by atoms with E-state index in [1.165, 1.54) is 6.07 Å². The molecule has 14 nitrogen and oxygen atoms in total. The number of carbonyl (C=O) groups excluding carboxylic acids is 2. The van der Waals surface area contributed by atoms with Gasteiger partial charge in [0.2, 0.25) is 0 Å². The van der Waals surface area contributed by atoms with Crippen LogP contribution in [-0.2, 0) is 22.6 Å². The molecule has 4 rings (SSSR count). The molecule has 2 aliphatic heterocycles. The number of hydrogen-bond donors (Lipinski definition) is 3. The first kappa shape index (κ1) is 33.6. The van der Waals surface area contributed by atoms with E-state index in [0.29, 0.717) is 37.7 Å². The zero-order valence-corrected chi connectivity index (χ0v) is 25.9. The Kier molecular flexibility index (Phi) is 11.1. The van der Waals surface area contributed by atoms with Gasteiger partial charge < -0.3 is 35.3 Å². The number of nitrogens with zero attached hydrogens (tertiary/aromatic N) is 3. The van der Waals surface area contributed by atoms with E-state index in [9.17, 15) is 19.7 Å². The molecule has 0 unspecified atom stereocenters. The van der Waals surface area contributed by atoms with E-state index in [4.69, 9.17) is 24.7 Å². The summed E-state index contributed by atoms with van der Waals surface area (Å²) in [7, 11) is 0. The number of carbonyl (C=O) groups is 2. The average Bonchev–Trinajstić information content (AvgIpc) is 3.55. The minimum Gasteiger partial charge on any atom is -0.490 e. The molecule has 2 aliphatic rings. The van der Waals surface area contributed by atoms with E-state index >= 15 is 0 Å². The van der Waals surface area contributed by atoms with Crippen LogP contribution in [0.5, 0.6) is 11.5 Å². The molecule has 0 spiro atoms. The van der Waals surface area contributed by atoms with E-state index in [-0.39, 0.29) is 24.6 Å². The van der Waals surface area contributed by atoms with E-state index in [2.05, 4.69) is 20.6 Å². The van der Waals surface area contributed by atoms with Crippen LogP contribution < -0.4 is 25.8 Å². The highest BCUT2D eigenvalue weighted by molar-refractivity contribution is 5.87. The number of hydrogen-bond acceptors (Lipinski definition) is 11. The Morgan fingerprint density at radius 1 is 0.818 bits per heavy atom. The van der Waals surface area contributed by atoms with Gasteiger partial charge in [0.15, 0.2) is 5.75 Å². The summed E-state index contributed by atoms with van der Waals surface area (Å²) in [6.45, 7) is 12.8. The molecule has 0 saturated heterocycles. The van der Waals surface area contributed by atoms with Crippen molar-refractivity contribution in [2.24, 2.45) is 9.98 Å². The van der Waals surface area contributed by atoms with Gasteiger partial charge in [-0.1, -0.05) is 0 Å². The summed E-state index contributed by atoms with van der Waals surface area (Å²) in [6.07, 6.45) is 2.40. The number of aliphatic imine (C=N–C) groups is 2. The van der Waals surface area contributed by atoms with Crippen LogP contribution >= 0.6 is 0 Å². The van der Waals surface area contributed by atoms with E-state index in [1.807, 2.05) is 32.9 Å². The lowest BCUT2D eigenvalue weighted by Gasteiger charge is -2.19. The molecule has 238 valence electrons. The monoisotopic (exact) mass is 612 g/mol. The fourth-order valence-corrected chi connectivity index (χ4v) is 3.92. The summed E-state index contributed by atoms with van der Waals surface area (Å²) in [6, 6.07) is 6.81. The number of nitro groups is 1. The molecule has 0 radical (unpaired) electrons. The number of benzene rings is 2. The number of nitrogens with two attached hydrogens (primary N) is 1. The highest BCUT2D eigenvalue weighted by atomic mass is 16.6. The van der Waals surface area contributed by atoms with Crippen molar-refractivity contribution in [3.8, 4) is 11.5 Å². The number of rotatable bonds is 9. The van der Waals surface area contributed by atoms with Crippen LogP contribution in [0.1, 0.15) is 63.8 Å². The third kappa shape index (κ3) is 10.7. The number of anilines is 1. The third-order valence-corrected chi connectivity index (χ3v) is 5.73. The van der Waals surface area contributed by atoms with Gasteiger partial charge in [-0.2, -0.15) is 0 Å². The van der Waals surface area contributed by atoms with Crippen LogP contribution in [0.3, 0.4) is 0 Å². The predicted molar refractivity (Wildman–Crippen MR) is 166 cm³/mol. The molecule has 4 N–H and O–H groups in total. The van der Waals surface area contributed by atoms with Crippen molar-refractivity contribution < 1.29 is 33.5 Å². The minimum absolute atomic E-state index is 0.0970. The fourth-order valence-electron chi connectivity index (χ4n) is 3.92. The molecule has 2 amide bonds. The SMILES string of the molecule is CC(C)(C)OC(=O)NCCOc1cc2c(cc1N)C=NC2.CC(C)(C)OC(=O)NCCOc1cc2c(cc1[N+](=O)[O-])C=NC2. The van der Waals surface area contributed by atoms with Crippen molar-refractivity contribution in [1.82, 2.24) is 10.6 Å². The normalized spacial score (nSPS) is 12.8. The molecule has 44 heavy (non-hydrogen) atoms. The summed E-state index contributed by atoms with van der Waals surface area (Å²) >= 11 is 0. The van der Waals surface area contributed by atoms with E-state index < -0.39 is 28.3 Å². The smallest absolute Gasteiger partial charge is 0.407 e. The summed E-state index contributed by atoms with van der Waals surface area (Å²) in [5, 5.41) is 16.3. The number of amides is 2. The van der Waals surface area contributed by atoms with Gasteiger partial charge in [0, 0.05) is 24.1 Å². The molecular weight excluding hydrogens is 572 g/mol. The van der Waals surface area contributed by atoms with Crippen LogP contribution in [0.2, 0.25) is 0 Å². The lowest BCUT2D eigenvalue weighted by atomic mass is 10.1. The minimum atomic E-state index is -0.580. The Morgan fingerprint density at radius 3 is 1.75 bits per heavy atom. The third-order valence-electron chi connectivity index (χ3n) is 5.73. The Morgan fingerprint density at radius 2 is 1.27 bits per heavy atom. The topological polar surface area (TPSA) is 189 Å². The molecule has 2 aromatic rings. The van der Waals surface area contributed by atoms with Crippen LogP contribution in [0.25, 0.3) is 0 Å². The van der Waals surface area contributed by atoms with Crippen molar-refractivity contribution in [2.75, 3.05) is 32.0 Å². The number of nitro benzene ring substituents is 1. The average molecular weight is 613 g/mol. The Bertz CT molecular complexity index is 1430. The molecular formula is C30H40N6O8. The van der Waals surface area contributed by atoms with E-state index in [0.717, 1.165) is 22.3 Å². The highest BCUT2D eigenvalue weighted by Gasteiger charge is 2.21. The van der Waals surface area contributed by atoms with Crippen LogP contribution in [0.15, 0.2) is 34.3 Å². The second-order valence-electron chi connectivity index (χ2n) is 11.9. The van der Waals surface area contributed by atoms with Gasteiger partial charge in [-0.25, -0.2) is 9.59 Å². The lowest BCUT2D eigenvalue weighted by Crippen LogP contribution is -2.34. The molecule has 0 saturated carbocycles. The van der Waals surface area contributed by atoms with Crippen molar-refractivity contribution >= 4 is 36.0 Å². The highest BCUT2D eigenvalue weighted by Crippen LogP contribution is 2.32. The second-order valence-corrected chi connectivity index (χ2v) is 11.9. The fraction of sp³-hybridized carbons (Fsp3) is 0.467. The predicted octanol–water partition coefficient (Wildman–Crippen LogP) is 4.54. The summed E-state index contributed by atoms with van der Waals surface area (Å²) in [5.74, 6) is 0.787. The quantitative estimate of drug-likeness (QED) is 0.158. The molecule has 0 bridgehead atoms. The van der Waals surface area contributed by atoms with Gasteiger partial charge in [-0.05, 0) is 76.4 Å². The van der Waals surface area contributed by atoms with Gasteiger partial charge in [0.05, 0.1) is 36.8 Å². The van der Waals surface area contributed by atoms with Crippen LogP contribution in [-0.4, -0.2) is 67.0 Å². The maximum absolute atomic E-state index is 11.5. The Labute approximate surface area is 256 Å². The Hall–Kier alpha value is -4.88. The molecule has 0 aliphatic carbocycles. The number of fused-ring (bicyclic) bond motifs is 2. The molecule has 0 atom stereocenters. The summed E-state index contributed by atoms with van der Waals surface area (Å²) in [4.78, 5) is 41.8. The van der Waals surface area contributed by atoms with Crippen LogP contribution in [0.4, 0.5) is 21.0 Å². The van der Waals surface area contributed by atoms with Crippen molar-refractivity contribution in [3.05, 3.63) is 56.6 Å². The van der Waals surface area contributed by atoms with Crippen molar-refractivity contribution in [2.45, 2.75) is 65.8 Å². The van der Waals surface area contributed by atoms with Gasteiger partial charge in [-0.15, -0.1) is 0 Å². The van der Waals surface area contributed by atoms with Gasteiger partial charge in [0.1, 0.15) is 30.2 Å². The van der Waals surface area contributed by atoms with Crippen molar-refractivity contribution in [1.29, 1.82) is 0 Å². The maximum atomic E-state index is 11.5. The second kappa shape index (κ2) is 14.5. The number of ether oxygens (including phenoxy) is 4. The molecule has 0 aromatic heterocycles. The zero-order chi connectivity index (χ0) is 32.5. The van der Waals surface area contributed by atoms with E-state index in [1.54, 1.807) is 39.3 Å². The van der Waals surface area contributed by atoms with Crippen molar-refractivity contribution in [3.63, 3.8) is 0 Å². The van der Waals surface area contributed by atoms with Gasteiger partial charge in [-0.3, -0.25) is 20.1 Å². The maximum Gasteiger partial charge on any atom is 0.407 e. The molecule has 14 heteroatoms. The number of nitrogens with one attached hydrogen (secondary N) is 2. The van der Waals surface area contributed by atoms with Gasteiger partial charge >= 0.3 is 17.9 Å². The number of alkyl carbamates (subject to hydrolysis) is 2. The summed E-state index contributed by atoms with van der Waals surface area (Å²) in [5.41, 5.74) is 9.03. The first-order valence-electron chi connectivity index (χ1n) is 14.0.